The predicted molar refractivity (Wildman–Crippen MR) is 204 cm³/mol. The quantitative estimate of drug-likeness (QED) is 0.153. The molecule has 3 aromatic carbocycles. The Hall–Kier alpha value is -4.58. The second kappa shape index (κ2) is 16.4. The number of nitrogens with one attached hydrogen (secondary N) is 1. The van der Waals surface area contributed by atoms with Crippen LogP contribution in [0.3, 0.4) is 0 Å². The monoisotopic (exact) mass is 749 g/mol. The lowest BCUT2D eigenvalue weighted by Gasteiger charge is -2.39. The maximum absolute atomic E-state index is 13.9. The average Bonchev–Trinajstić information content (AvgIpc) is 3.15. The molecule has 13 heteroatoms. The first kappa shape index (κ1) is 37.2. The summed E-state index contributed by atoms with van der Waals surface area (Å²) in [6.07, 6.45) is 2.92. The van der Waals surface area contributed by atoms with E-state index in [9.17, 15) is 4.79 Å². The zero-order valence-electron chi connectivity index (χ0n) is 30.1. The molecule has 1 saturated heterocycles. The number of hydrogen-bond donors (Lipinski definition) is 2. The molecular formula is C39H45Cl2N5O6. The summed E-state index contributed by atoms with van der Waals surface area (Å²) in [4.78, 5) is 22.7. The second-order valence-electron chi connectivity index (χ2n) is 13.0. The van der Waals surface area contributed by atoms with Gasteiger partial charge in [0.25, 0.3) is 5.91 Å². The zero-order chi connectivity index (χ0) is 36.9. The standard InChI is InChI=1S/C39H45Cl2N5O6/c1-23-38-24(14-27(40)15-31(38)41)10-12-46(23)39(47)36-16-28(11-13-52-36)44-33-19-37(43-20-32(33)42)45(21-25-6-8-29(48-2)17-34(25)50-4)22-26-7-9-30(49-3)18-35(26)51-5/h6-9,14-15,17-20,23,28,36H,10-13,16,21-22,42H2,1-5H3,(H,43,44)/t23-,28+,36+/m0/s1. The van der Waals surface area contributed by atoms with Gasteiger partial charge in [-0.1, -0.05) is 23.2 Å². The van der Waals surface area contributed by atoms with Gasteiger partial charge in [0.15, 0.2) is 0 Å². The van der Waals surface area contributed by atoms with Gasteiger partial charge in [0.2, 0.25) is 0 Å². The fourth-order valence-corrected chi connectivity index (χ4v) is 7.75. The smallest absolute Gasteiger partial charge is 0.252 e. The fraction of sp³-hybridized carbons (Fsp3) is 0.385. The van der Waals surface area contributed by atoms with E-state index in [2.05, 4.69) is 10.2 Å². The first-order chi connectivity index (χ1) is 25.1. The van der Waals surface area contributed by atoms with Crippen molar-refractivity contribution in [3.05, 3.63) is 93.1 Å². The van der Waals surface area contributed by atoms with E-state index in [-0.39, 0.29) is 18.0 Å². The van der Waals surface area contributed by atoms with Crippen molar-refractivity contribution in [3.8, 4) is 23.0 Å². The first-order valence-corrected chi connectivity index (χ1v) is 18.0. The van der Waals surface area contributed by atoms with Crippen LogP contribution in [0.25, 0.3) is 0 Å². The molecule has 3 heterocycles. The third-order valence-electron chi connectivity index (χ3n) is 9.84. The van der Waals surface area contributed by atoms with Gasteiger partial charge < -0.3 is 44.5 Å². The van der Waals surface area contributed by atoms with Crippen molar-refractivity contribution in [2.75, 3.05) is 57.5 Å². The number of halogens is 2. The van der Waals surface area contributed by atoms with Gasteiger partial charge in [-0.2, -0.15) is 0 Å². The Morgan fingerprint density at radius 2 is 1.62 bits per heavy atom. The molecule has 276 valence electrons. The molecule has 0 saturated carbocycles. The highest BCUT2D eigenvalue weighted by Crippen LogP contribution is 2.38. The van der Waals surface area contributed by atoms with E-state index in [1.807, 2.05) is 60.4 Å². The molecule has 52 heavy (non-hydrogen) atoms. The van der Waals surface area contributed by atoms with Crippen LogP contribution in [0.2, 0.25) is 10.0 Å². The summed E-state index contributed by atoms with van der Waals surface area (Å²) in [7, 11) is 6.53. The number of carbonyl (C=O) groups is 1. The average molecular weight is 751 g/mol. The summed E-state index contributed by atoms with van der Waals surface area (Å²) >= 11 is 12.9. The van der Waals surface area contributed by atoms with Crippen LogP contribution < -0.4 is 34.9 Å². The Kier molecular flexibility index (Phi) is 11.7. The molecule has 1 fully saturated rings. The summed E-state index contributed by atoms with van der Waals surface area (Å²) < 4.78 is 28.4. The third kappa shape index (κ3) is 8.06. The maximum Gasteiger partial charge on any atom is 0.252 e. The Morgan fingerprint density at radius 1 is 0.962 bits per heavy atom. The lowest BCUT2D eigenvalue weighted by Crippen LogP contribution is -2.48. The summed E-state index contributed by atoms with van der Waals surface area (Å²) in [5.41, 5.74) is 11.6. The van der Waals surface area contributed by atoms with Gasteiger partial charge in [0, 0.05) is 78.1 Å². The van der Waals surface area contributed by atoms with Gasteiger partial charge in [-0.25, -0.2) is 4.98 Å². The number of methoxy groups -OCH3 is 4. The molecule has 0 unspecified atom stereocenters. The number of anilines is 3. The Morgan fingerprint density at radius 3 is 2.23 bits per heavy atom. The number of fused-ring (bicyclic) bond motifs is 1. The number of ether oxygens (including phenoxy) is 5. The normalized spacial score (nSPS) is 18.3. The molecule has 2 aliphatic heterocycles. The van der Waals surface area contributed by atoms with Crippen LogP contribution in [0, 0.1) is 0 Å². The minimum absolute atomic E-state index is 0.0490. The highest BCUT2D eigenvalue weighted by atomic mass is 35.5. The van der Waals surface area contributed by atoms with Crippen molar-refractivity contribution in [1.29, 1.82) is 0 Å². The number of carbonyl (C=O) groups excluding carboxylic acids is 1. The lowest BCUT2D eigenvalue weighted by molar-refractivity contribution is -0.149. The molecular weight excluding hydrogens is 705 g/mol. The minimum Gasteiger partial charge on any atom is -0.497 e. The molecule has 6 rings (SSSR count). The van der Waals surface area contributed by atoms with Crippen LogP contribution in [-0.4, -0.2) is 69.5 Å². The van der Waals surface area contributed by atoms with Gasteiger partial charge in [-0.3, -0.25) is 4.79 Å². The molecule has 0 radical (unpaired) electrons. The van der Waals surface area contributed by atoms with E-state index in [1.54, 1.807) is 40.7 Å². The molecule has 0 bridgehead atoms. The number of rotatable bonds is 12. The van der Waals surface area contributed by atoms with Gasteiger partial charge in [0.05, 0.1) is 52.1 Å². The van der Waals surface area contributed by atoms with E-state index in [0.717, 1.165) is 27.9 Å². The first-order valence-electron chi connectivity index (χ1n) is 17.2. The number of aromatic nitrogens is 1. The van der Waals surface area contributed by atoms with E-state index in [4.69, 9.17) is 57.6 Å². The number of benzene rings is 3. The maximum atomic E-state index is 13.9. The summed E-state index contributed by atoms with van der Waals surface area (Å²) in [6, 6.07) is 16.9. The number of nitrogens with two attached hydrogens (primary N) is 1. The van der Waals surface area contributed by atoms with Crippen LogP contribution in [-0.2, 0) is 29.0 Å². The zero-order valence-corrected chi connectivity index (χ0v) is 31.6. The van der Waals surface area contributed by atoms with Crippen molar-refractivity contribution in [2.24, 2.45) is 0 Å². The topological polar surface area (TPSA) is 121 Å². The van der Waals surface area contributed by atoms with Crippen molar-refractivity contribution in [1.82, 2.24) is 9.88 Å². The second-order valence-corrected chi connectivity index (χ2v) is 13.8. The van der Waals surface area contributed by atoms with Crippen molar-refractivity contribution in [3.63, 3.8) is 0 Å². The molecule has 2 aliphatic rings. The lowest BCUT2D eigenvalue weighted by atomic mass is 9.92. The molecule has 4 aromatic rings. The van der Waals surface area contributed by atoms with Crippen LogP contribution in [0.4, 0.5) is 17.2 Å². The molecule has 1 amide bonds. The predicted octanol–water partition coefficient (Wildman–Crippen LogP) is 7.32. The molecule has 0 aliphatic carbocycles. The van der Waals surface area contributed by atoms with Gasteiger partial charge in [-0.05, 0) is 67.3 Å². The van der Waals surface area contributed by atoms with Crippen LogP contribution in [0.15, 0.2) is 60.8 Å². The summed E-state index contributed by atoms with van der Waals surface area (Å²) in [6.45, 7) is 3.92. The van der Waals surface area contributed by atoms with Gasteiger partial charge in [0.1, 0.15) is 34.9 Å². The Balaban J connectivity index is 1.24. The van der Waals surface area contributed by atoms with Crippen LogP contribution >= 0.6 is 23.2 Å². The summed E-state index contributed by atoms with van der Waals surface area (Å²) in [5, 5.41) is 4.79. The van der Waals surface area contributed by atoms with Crippen LogP contribution in [0.5, 0.6) is 23.0 Å². The molecule has 3 N–H and O–H groups in total. The van der Waals surface area contributed by atoms with Crippen molar-refractivity contribution in [2.45, 2.75) is 57.5 Å². The Bertz CT molecular complexity index is 1850. The fourth-order valence-electron chi connectivity index (χ4n) is 7.06. The van der Waals surface area contributed by atoms with Gasteiger partial charge >= 0.3 is 0 Å². The van der Waals surface area contributed by atoms with E-state index in [0.29, 0.717) is 90.1 Å². The number of pyridine rings is 1. The SMILES string of the molecule is COc1ccc(CN(Cc2ccc(OC)cc2OC)c2cc(N[C@@H]3CCO[C@@H](C(=O)N4CCc5cc(Cl)cc(Cl)c5[C@@H]4C)C3)c(N)cn2)c(OC)c1. The number of nitrogens with zero attached hydrogens (tertiary/aromatic N) is 3. The van der Waals surface area contributed by atoms with Crippen molar-refractivity contribution < 1.29 is 28.5 Å². The van der Waals surface area contributed by atoms with E-state index in [1.165, 1.54) is 0 Å². The van der Waals surface area contributed by atoms with Crippen LogP contribution in [0.1, 0.15) is 48.1 Å². The number of nitrogen functional groups attached to an aromatic ring is 1. The number of hydrogen-bond acceptors (Lipinski definition) is 10. The summed E-state index contributed by atoms with van der Waals surface area (Å²) in [5.74, 6) is 3.41. The van der Waals surface area contributed by atoms with Crippen molar-refractivity contribution >= 4 is 46.3 Å². The van der Waals surface area contributed by atoms with Gasteiger partial charge in [-0.15, -0.1) is 0 Å². The highest BCUT2D eigenvalue weighted by Gasteiger charge is 2.37. The highest BCUT2D eigenvalue weighted by molar-refractivity contribution is 6.35. The molecule has 11 nitrogen and oxygen atoms in total. The Labute approximate surface area is 314 Å². The third-order valence-corrected chi connectivity index (χ3v) is 10.4. The molecule has 1 aromatic heterocycles. The molecule has 0 spiro atoms. The van der Waals surface area contributed by atoms with E-state index >= 15 is 0 Å². The number of amides is 1. The largest absolute Gasteiger partial charge is 0.497 e. The minimum atomic E-state index is -0.606. The molecule has 3 atom stereocenters. The van der Waals surface area contributed by atoms with E-state index < -0.39 is 6.10 Å².